The van der Waals surface area contributed by atoms with Gasteiger partial charge in [0.15, 0.2) is 0 Å². The zero-order valence-electron chi connectivity index (χ0n) is 9.63. The van der Waals surface area contributed by atoms with E-state index in [1.54, 1.807) is 23.6 Å². The van der Waals surface area contributed by atoms with Gasteiger partial charge in [-0.2, -0.15) is 0 Å². The number of aromatic nitrogens is 1. The van der Waals surface area contributed by atoms with E-state index in [0.717, 1.165) is 4.90 Å². The van der Waals surface area contributed by atoms with Crippen molar-refractivity contribution < 1.29 is 14.3 Å². The van der Waals surface area contributed by atoms with E-state index in [4.69, 9.17) is 5.11 Å². The van der Waals surface area contributed by atoms with E-state index in [2.05, 4.69) is 4.98 Å². The van der Waals surface area contributed by atoms with Crippen LogP contribution in [0.2, 0.25) is 0 Å². The highest BCUT2D eigenvalue weighted by atomic mass is 32.1. The number of halogens is 1. The Kier molecular flexibility index (Phi) is 3.57. The van der Waals surface area contributed by atoms with Crippen LogP contribution in [-0.4, -0.2) is 28.1 Å². The smallest absolute Gasteiger partial charge is 0.407 e. The number of hydrogen-bond acceptors (Lipinski definition) is 3. The maximum absolute atomic E-state index is 13.5. The molecule has 0 aliphatic rings. The van der Waals surface area contributed by atoms with Crippen LogP contribution in [0.5, 0.6) is 0 Å². The molecule has 18 heavy (non-hydrogen) atoms. The van der Waals surface area contributed by atoms with E-state index >= 15 is 0 Å². The molecule has 0 bridgehead atoms. The van der Waals surface area contributed by atoms with Crippen molar-refractivity contribution in [2.45, 2.75) is 6.54 Å². The van der Waals surface area contributed by atoms with E-state index < -0.39 is 6.09 Å². The van der Waals surface area contributed by atoms with Crippen LogP contribution in [0.3, 0.4) is 0 Å². The van der Waals surface area contributed by atoms with E-state index in [9.17, 15) is 9.18 Å². The minimum atomic E-state index is -1.02. The molecule has 2 rings (SSSR count). The first-order valence-corrected chi connectivity index (χ1v) is 6.09. The van der Waals surface area contributed by atoms with Crippen molar-refractivity contribution in [3.8, 4) is 11.3 Å². The molecule has 0 aliphatic carbocycles. The third-order valence-electron chi connectivity index (χ3n) is 2.40. The first-order chi connectivity index (χ1) is 8.58. The molecule has 0 unspecified atom stereocenters. The molecule has 0 saturated carbocycles. The second-order valence-electron chi connectivity index (χ2n) is 3.74. The highest BCUT2D eigenvalue weighted by Gasteiger charge is 2.12. The number of carboxylic acid groups (broad SMARTS) is 1. The van der Waals surface area contributed by atoms with Crippen LogP contribution in [0.4, 0.5) is 9.18 Å². The van der Waals surface area contributed by atoms with Crippen LogP contribution in [0, 0.1) is 5.82 Å². The quantitative estimate of drug-likeness (QED) is 0.929. The van der Waals surface area contributed by atoms with Gasteiger partial charge in [0.2, 0.25) is 0 Å². The number of thiazole rings is 1. The molecule has 1 heterocycles. The van der Waals surface area contributed by atoms with E-state index in [1.165, 1.54) is 24.5 Å². The zero-order valence-corrected chi connectivity index (χ0v) is 10.4. The predicted molar refractivity (Wildman–Crippen MR) is 67.0 cm³/mol. The summed E-state index contributed by atoms with van der Waals surface area (Å²) in [6.45, 7) is 0.203. The van der Waals surface area contributed by atoms with Crippen molar-refractivity contribution in [1.82, 2.24) is 9.88 Å². The van der Waals surface area contributed by atoms with Gasteiger partial charge in [0.1, 0.15) is 10.8 Å². The van der Waals surface area contributed by atoms with E-state index in [0.29, 0.717) is 16.3 Å². The fourth-order valence-electron chi connectivity index (χ4n) is 1.45. The van der Waals surface area contributed by atoms with Gasteiger partial charge in [-0.3, -0.25) is 0 Å². The van der Waals surface area contributed by atoms with Gasteiger partial charge in [0.25, 0.3) is 0 Å². The molecule has 6 heteroatoms. The standard InChI is InChI=1S/C12H11FN2O2S/c1-15(12(16)17)6-11-14-10(7-18-11)8-4-2-3-5-9(8)13/h2-5,7H,6H2,1H3,(H,16,17). The van der Waals surface area contributed by atoms with Gasteiger partial charge in [-0.25, -0.2) is 14.2 Å². The summed E-state index contributed by atoms with van der Waals surface area (Å²) in [7, 11) is 1.46. The van der Waals surface area contributed by atoms with Gasteiger partial charge in [-0.15, -0.1) is 11.3 Å². The van der Waals surface area contributed by atoms with Gasteiger partial charge < -0.3 is 10.0 Å². The van der Waals surface area contributed by atoms with Crippen molar-refractivity contribution in [3.63, 3.8) is 0 Å². The molecular formula is C12H11FN2O2S. The Hall–Kier alpha value is -1.95. The number of carbonyl (C=O) groups is 1. The zero-order chi connectivity index (χ0) is 13.1. The Morgan fingerprint density at radius 3 is 2.89 bits per heavy atom. The Morgan fingerprint density at radius 2 is 2.22 bits per heavy atom. The number of amides is 1. The summed E-state index contributed by atoms with van der Waals surface area (Å²) < 4.78 is 13.5. The second kappa shape index (κ2) is 5.14. The summed E-state index contributed by atoms with van der Waals surface area (Å²) >= 11 is 1.32. The van der Waals surface area contributed by atoms with Crippen LogP contribution in [-0.2, 0) is 6.54 Å². The Bertz CT molecular complexity index is 571. The molecule has 1 amide bonds. The molecule has 0 radical (unpaired) electrons. The molecule has 1 N–H and O–H groups in total. The molecule has 0 spiro atoms. The lowest BCUT2D eigenvalue weighted by molar-refractivity contribution is 0.153. The highest BCUT2D eigenvalue weighted by Crippen LogP contribution is 2.24. The summed E-state index contributed by atoms with van der Waals surface area (Å²) in [6.07, 6.45) is -1.02. The molecule has 1 aromatic carbocycles. The van der Waals surface area contributed by atoms with Crippen LogP contribution in [0.15, 0.2) is 29.6 Å². The molecule has 94 valence electrons. The Labute approximate surface area is 107 Å². The molecule has 4 nitrogen and oxygen atoms in total. The molecule has 0 saturated heterocycles. The van der Waals surface area contributed by atoms with Crippen molar-refractivity contribution in [2.75, 3.05) is 7.05 Å². The largest absolute Gasteiger partial charge is 0.465 e. The number of rotatable bonds is 3. The van der Waals surface area contributed by atoms with Crippen molar-refractivity contribution in [3.05, 3.63) is 40.5 Å². The van der Waals surface area contributed by atoms with E-state index in [1.807, 2.05) is 0 Å². The molecule has 1 aromatic heterocycles. The number of nitrogens with zero attached hydrogens (tertiary/aromatic N) is 2. The predicted octanol–water partition coefficient (Wildman–Crippen LogP) is 3.06. The maximum atomic E-state index is 13.5. The first kappa shape index (κ1) is 12.5. The van der Waals surface area contributed by atoms with Crippen molar-refractivity contribution in [1.29, 1.82) is 0 Å². The van der Waals surface area contributed by atoms with Gasteiger partial charge in [-0.1, -0.05) is 12.1 Å². The number of hydrogen-bond donors (Lipinski definition) is 1. The van der Waals surface area contributed by atoms with E-state index in [-0.39, 0.29) is 12.4 Å². The second-order valence-corrected chi connectivity index (χ2v) is 4.69. The van der Waals surface area contributed by atoms with Crippen LogP contribution in [0.25, 0.3) is 11.3 Å². The summed E-state index contributed by atoms with van der Waals surface area (Å²) in [5, 5.41) is 11.1. The van der Waals surface area contributed by atoms with Gasteiger partial charge >= 0.3 is 6.09 Å². The minimum absolute atomic E-state index is 0.203. The Balaban J connectivity index is 2.21. The monoisotopic (exact) mass is 266 g/mol. The summed E-state index contributed by atoms with van der Waals surface area (Å²) in [4.78, 5) is 16.0. The average molecular weight is 266 g/mol. The fourth-order valence-corrected chi connectivity index (χ4v) is 2.29. The third kappa shape index (κ3) is 2.65. The van der Waals surface area contributed by atoms with Crippen LogP contribution >= 0.6 is 11.3 Å². The number of benzene rings is 1. The molecule has 2 aromatic rings. The Morgan fingerprint density at radius 1 is 1.50 bits per heavy atom. The summed E-state index contributed by atoms with van der Waals surface area (Å²) in [5.74, 6) is -0.332. The lowest BCUT2D eigenvalue weighted by Gasteiger charge is -2.09. The van der Waals surface area contributed by atoms with Crippen molar-refractivity contribution >= 4 is 17.4 Å². The molecule has 0 fully saturated rings. The topological polar surface area (TPSA) is 53.4 Å². The normalized spacial score (nSPS) is 10.3. The van der Waals surface area contributed by atoms with Crippen LogP contribution in [0.1, 0.15) is 5.01 Å². The molecule has 0 atom stereocenters. The van der Waals surface area contributed by atoms with Gasteiger partial charge in [0.05, 0.1) is 12.2 Å². The average Bonchev–Trinajstić information content (AvgIpc) is 2.77. The maximum Gasteiger partial charge on any atom is 0.407 e. The van der Waals surface area contributed by atoms with Crippen molar-refractivity contribution in [2.24, 2.45) is 0 Å². The van der Waals surface area contributed by atoms with Gasteiger partial charge in [0, 0.05) is 18.0 Å². The third-order valence-corrected chi connectivity index (χ3v) is 3.23. The minimum Gasteiger partial charge on any atom is -0.465 e. The SMILES string of the molecule is CN(Cc1nc(-c2ccccc2F)cs1)C(=O)O. The van der Waals surface area contributed by atoms with Gasteiger partial charge in [-0.05, 0) is 12.1 Å². The highest BCUT2D eigenvalue weighted by molar-refractivity contribution is 7.09. The summed E-state index contributed by atoms with van der Waals surface area (Å²) in [5.41, 5.74) is 0.963. The summed E-state index contributed by atoms with van der Waals surface area (Å²) in [6, 6.07) is 6.37. The van der Waals surface area contributed by atoms with Crippen LogP contribution < -0.4 is 0 Å². The molecular weight excluding hydrogens is 255 g/mol. The fraction of sp³-hybridized carbons (Fsp3) is 0.167. The lowest BCUT2D eigenvalue weighted by Crippen LogP contribution is -2.23. The molecule has 0 aliphatic heterocycles. The first-order valence-electron chi connectivity index (χ1n) is 5.21. The lowest BCUT2D eigenvalue weighted by atomic mass is 10.2.